The number of amides is 2. The Morgan fingerprint density at radius 3 is 2.61 bits per heavy atom. The van der Waals surface area contributed by atoms with Crippen LogP contribution >= 0.6 is 11.8 Å². The van der Waals surface area contributed by atoms with Gasteiger partial charge in [-0.25, -0.2) is 4.99 Å². The highest BCUT2D eigenvalue weighted by molar-refractivity contribution is 8.13. The van der Waals surface area contributed by atoms with Crippen LogP contribution in [-0.4, -0.2) is 34.2 Å². The normalized spacial score (nSPS) is 18.2. The number of allylic oxidation sites excluding steroid dienone is 1. The van der Waals surface area contributed by atoms with Crippen LogP contribution in [0, 0.1) is 5.92 Å². The molecule has 2 heterocycles. The average molecular weight is 505 g/mol. The van der Waals surface area contributed by atoms with Crippen LogP contribution in [0.2, 0.25) is 0 Å². The van der Waals surface area contributed by atoms with Gasteiger partial charge in [-0.1, -0.05) is 68.8 Å². The number of nitrogens with one attached hydrogen (secondary N) is 2. The molecule has 2 amide bonds. The number of nitrogens with zero attached hydrogens (tertiary/aromatic N) is 2. The molecule has 6 nitrogen and oxygen atoms in total. The summed E-state index contributed by atoms with van der Waals surface area (Å²) < 4.78 is 0. The maximum atomic E-state index is 13.6. The van der Waals surface area contributed by atoms with Gasteiger partial charge in [0, 0.05) is 29.6 Å². The number of carbonyl (C=O) groups excluding carboxylic acids is 2. The summed E-state index contributed by atoms with van der Waals surface area (Å²) in [5, 5.41) is 7.15. The topological polar surface area (TPSA) is 73.8 Å². The highest BCUT2D eigenvalue weighted by Crippen LogP contribution is 2.40. The Morgan fingerprint density at radius 1 is 1.08 bits per heavy atom. The van der Waals surface area contributed by atoms with Gasteiger partial charge in [-0.3, -0.25) is 9.59 Å². The number of para-hydroxylation sites is 1. The van der Waals surface area contributed by atoms with Crippen molar-refractivity contribution in [1.29, 1.82) is 0 Å². The Bertz CT molecular complexity index is 1140. The van der Waals surface area contributed by atoms with Gasteiger partial charge in [0.1, 0.15) is 0 Å². The number of rotatable bonds is 9. The van der Waals surface area contributed by atoms with Crippen molar-refractivity contribution in [3.63, 3.8) is 0 Å². The molecule has 2 aromatic carbocycles. The minimum Gasteiger partial charge on any atom is -0.340 e. The van der Waals surface area contributed by atoms with E-state index >= 15 is 0 Å². The second kappa shape index (κ2) is 12.3. The largest absolute Gasteiger partial charge is 0.340 e. The number of amidine groups is 1. The van der Waals surface area contributed by atoms with E-state index in [1.807, 2.05) is 61.5 Å². The van der Waals surface area contributed by atoms with Crippen LogP contribution in [0.25, 0.3) is 0 Å². The third-order valence-electron chi connectivity index (χ3n) is 6.77. The van der Waals surface area contributed by atoms with E-state index in [1.54, 1.807) is 11.8 Å². The maximum absolute atomic E-state index is 13.6. The van der Waals surface area contributed by atoms with Gasteiger partial charge in [-0.2, -0.15) is 0 Å². The molecule has 0 unspecified atom stereocenters. The third-order valence-corrected chi connectivity index (χ3v) is 7.85. The van der Waals surface area contributed by atoms with E-state index < -0.39 is 0 Å². The number of anilines is 2. The second-order valence-electron chi connectivity index (χ2n) is 9.37. The number of thioether (sulfide) groups is 1. The predicted molar refractivity (Wildman–Crippen MR) is 150 cm³/mol. The van der Waals surface area contributed by atoms with Gasteiger partial charge in [0.05, 0.1) is 17.3 Å². The van der Waals surface area contributed by atoms with Gasteiger partial charge in [-0.05, 0) is 56.0 Å². The Morgan fingerprint density at radius 2 is 1.86 bits per heavy atom. The van der Waals surface area contributed by atoms with E-state index in [0.29, 0.717) is 5.57 Å². The number of benzene rings is 2. The van der Waals surface area contributed by atoms with Crippen molar-refractivity contribution < 1.29 is 9.59 Å². The molecule has 1 saturated heterocycles. The fraction of sp³-hybridized carbons (Fsp3) is 0.414. The van der Waals surface area contributed by atoms with E-state index in [-0.39, 0.29) is 23.8 Å². The van der Waals surface area contributed by atoms with Crippen molar-refractivity contribution in [2.24, 2.45) is 10.9 Å². The van der Waals surface area contributed by atoms with Crippen LogP contribution in [0.4, 0.5) is 11.4 Å². The summed E-state index contributed by atoms with van der Waals surface area (Å²) in [5.41, 5.74) is 3.86. The first kappa shape index (κ1) is 26.0. The SMILES string of the molecule is CCCC[C@H](CC)C(=O)Nc1cccc([C@@H]2C(C(=O)Nc3ccccc3)=C(C)N=C3SCCCN32)c1. The number of fused-ring (bicyclic) bond motifs is 1. The minimum absolute atomic E-state index is 0.00914. The van der Waals surface area contributed by atoms with Gasteiger partial charge < -0.3 is 15.5 Å². The Labute approximate surface area is 218 Å². The lowest BCUT2D eigenvalue weighted by Gasteiger charge is -2.41. The molecule has 2 N–H and O–H groups in total. The molecule has 7 heteroatoms. The van der Waals surface area contributed by atoms with Crippen LogP contribution in [0.15, 0.2) is 70.9 Å². The molecule has 4 rings (SSSR count). The molecular weight excluding hydrogens is 468 g/mol. The van der Waals surface area contributed by atoms with Crippen LogP contribution in [-0.2, 0) is 9.59 Å². The predicted octanol–water partition coefficient (Wildman–Crippen LogP) is 6.60. The first-order valence-electron chi connectivity index (χ1n) is 13.0. The second-order valence-corrected chi connectivity index (χ2v) is 10.4. The number of carbonyl (C=O) groups is 2. The summed E-state index contributed by atoms with van der Waals surface area (Å²) >= 11 is 1.74. The van der Waals surface area contributed by atoms with Crippen molar-refractivity contribution in [3.05, 3.63) is 71.4 Å². The molecule has 0 radical (unpaired) electrons. The van der Waals surface area contributed by atoms with Crippen LogP contribution in [0.1, 0.15) is 64.5 Å². The Hall–Kier alpha value is -3.06. The van der Waals surface area contributed by atoms with E-state index in [2.05, 4.69) is 29.4 Å². The minimum atomic E-state index is -0.270. The summed E-state index contributed by atoms with van der Waals surface area (Å²) in [4.78, 5) is 33.6. The summed E-state index contributed by atoms with van der Waals surface area (Å²) in [6.45, 7) is 6.96. The third kappa shape index (κ3) is 6.01. The van der Waals surface area contributed by atoms with Crippen LogP contribution in [0.3, 0.4) is 0 Å². The van der Waals surface area contributed by atoms with E-state index in [1.165, 1.54) is 0 Å². The average Bonchev–Trinajstić information content (AvgIpc) is 2.89. The Kier molecular flexibility index (Phi) is 8.86. The fourth-order valence-corrected chi connectivity index (χ4v) is 5.85. The molecule has 0 saturated carbocycles. The van der Waals surface area contributed by atoms with Gasteiger partial charge in [-0.15, -0.1) is 0 Å². The van der Waals surface area contributed by atoms with E-state index in [4.69, 9.17) is 4.99 Å². The number of aliphatic imine (C=N–C) groups is 1. The summed E-state index contributed by atoms with van der Waals surface area (Å²) in [6.07, 6.45) is 4.88. The van der Waals surface area contributed by atoms with E-state index in [9.17, 15) is 9.59 Å². The van der Waals surface area contributed by atoms with Crippen molar-refractivity contribution in [2.75, 3.05) is 22.9 Å². The molecule has 0 spiro atoms. The molecule has 2 aliphatic heterocycles. The molecule has 0 bridgehead atoms. The molecule has 0 aromatic heterocycles. The quantitative estimate of drug-likeness (QED) is 0.403. The van der Waals surface area contributed by atoms with Gasteiger partial charge in [0.2, 0.25) is 5.91 Å². The highest BCUT2D eigenvalue weighted by Gasteiger charge is 2.37. The molecule has 2 aliphatic rings. The molecular formula is C29H36N4O2S. The molecule has 36 heavy (non-hydrogen) atoms. The first-order chi connectivity index (χ1) is 17.5. The molecule has 1 fully saturated rings. The highest BCUT2D eigenvalue weighted by atomic mass is 32.2. The number of hydrogen-bond donors (Lipinski definition) is 2. The smallest absolute Gasteiger partial charge is 0.255 e. The summed E-state index contributed by atoms with van der Waals surface area (Å²) in [5.74, 6) is 0.945. The zero-order chi connectivity index (χ0) is 25.5. The summed E-state index contributed by atoms with van der Waals surface area (Å²) in [6, 6.07) is 17.2. The lowest BCUT2D eigenvalue weighted by atomic mass is 9.93. The maximum Gasteiger partial charge on any atom is 0.255 e. The van der Waals surface area contributed by atoms with Crippen LogP contribution in [0.5, 0.6) is 0 Å². The Balaban J connectivity index is 1.65. The van der Waals surface area contributed by atoms with E-state index in [0.717, 1.165) is 72.2 Å². The number of unbranched alkanes of at least 4 members (excludes halogenated alkanes) is 1. The van der Waals surface area contributed by atoms with Gasteiger partial charge in [0.25, 0.3) is 5.91 Å². The van der Waals surface area contributed by atoms with Crippen LogP contribution < -0.4 is 10.6 Å². The van der Waals surface area contributed by atoms with Gasteiger partial charge >= 0.3 is 0 Å². The standard InChI is InChI=1S/C29H36N4O2S/c1-4-6-12-21(5-2)27(34)32-24-16-10-13-22(19-24)26-25(28(35)31-23-14-8-7-9-15-23)20(3)30-29-33(26)17-11-18-36-29/h7-10,13-16,19,21,26H,4-6,11-12,17-18H2,1-3H3,(H,31,35)(H,32,34)/t21-,26+/m0/s1. The molecule has 2 aromatic rings. The zero-order valence-corrected chi connectivity index (χ0v) is 22.2. The zero-order valence-electron chi connectivity index (χ0n) is 21.4. The van der Waals surface area contributed by atoms with Crippen molar-refractivity contribution in [1.82, 2.24) is 4.90 Å². The lowest BCUT2D eigenvalue weighted by molar-refractivity contribution is -0.120. The molecule has 190 valence electrons. The number of hydrogen-bond acceptors (Lipinski definition) is 5. The fourth-order valence-electron chi connectivity index (χ4n) is 4.83. The molecule has 2 atom stereocenters. The van der Waals surface area contributed by atoms with Crippen molar-refractivity contribution >= 4 is 40.1 Å². The van der Waals surface area contributed by atoms with Crippen molar-refractivity contribution in [2.45, 2.75) is 58.9 Å². The summed E-state index contributed by atoms with van der Waals surface area (Å²) in [7, 11) is 0. The molecule has 0 aliphatic carbocycles. The first-order valence-corrected chi connectivity index (χ1v) is 14.0. The van der Waals surface area contributed by atoms with Gasteiger partial charge in [0.15, 0.2) is 5.17 Å². The monoisotopic (exact) mass is 504 g/mol. The van der Waals surface area contributed by atoms with Crippen molar-refractivity contribution in [3.8, 4) is 0 Å². The lowest BCUT2D eigenvalue weighted by Crippen LogP contribution is -2.43.